The van der Waals surface area contributed by atoms with Crippen molar-refractivity contribution in [1.29, 1.82) is 0 Å². The van der Waals surface area contributed by atoms with Gasteiger partial charge in [0, 0.05) is 39.8 Å². The van der Waals surface area contributed by atoms with Crippen LogP contribution in [-0.2, 0) is 14.8 Å². The number of sulfonamides is 1. The standard InChI is InChI=1S/C27H24ClN5O5S/c1-19-15-21(20(2)32(19)25-8-6-7-22(28)16-25)17-29-30-27(34)18-31(23-11-13-24(14-12-23)33(35)36)39(37,38)26-9-4-3-5-10-26/h3-17H,18H2,1-2H3,(H,30,34)/b29-17-. The molecule has 0 aliphatic carbocycles. The first-order valence-corrected chi connectivity index (χ1v) is 13.5. The lowest BCUT2D eigenvalue weighted by molar-refractivity contribution is -0.384. The third-order valence-electron chi connectivity index (χ3n) is 5.90. The Morgan fingerprint density at radius 3 is 2.38 bits per heavy atom. The van der Waals surface area contributed by atoms with E-state index >= 15 is 0 Å². The zero-order valence-corrected chi connectivity index (χ0v) is 22.6. The number of anilines is 1. The minimum absolute atomic E-state index is 0.0342. The van der Waals surface area contributed by atoms with Gasteiger partial charge in [0.15, 0.2) is 0 Å². The highest BCUT2D eigenvalue weighted by Gasteiger charge is 2.27. The number of rotatable bonds is 9. The number of nitrogens with one attached hydrogen (secondary N) is 1. The summed E-state index contributed by atoms with van der Waals surface area (Å²) in [5.74, 6) is -0.701. The first kappa shape index (κ1) is 27.6. The van der Waals surface area contributed by atoms with Crippen molar-refractivity contribution in [2.45, 2.75) is 18.7 Å². The van der Waals surface area contributed by atoms with Gasteiger partial charge in [0.1, 0.15) is 6.54 Å². The number of nitrogens with zero attached hydrogens (tertiary/aromatic N) is 4. The quantitative estimate of drug-likeness (QED) is 0.173. The third kappa shape index (κ3) is 6.16. The van der Waals surface area contributed by atoms with E-state index in [4.69, 9.17) is 11.6 Å². The van der Waals surface area contributed by atoms with Gasteiger partial charge < -0.3 is 4.57 Å². The molecule has 0 fully saturated rings. The summed E-state index contributed by atoms with van der Waals surface area (Å²) in [5.41, 5.74) is 5.69. The van der Waals surface area contributed by atoms with Crippen LogP contribution >= 0.6 is 11.6 Å². The zero-order valence-electron chi connectivity index (χ0n) is 21.0. The van der Waals surface area contributed by atoms with Crippen LogP contribution in [0.3, 0.4) is 0 Å². The number of benzene rings is 3. The summed E-state index contributed by atoms with van der Waals surface area (Å²) in [7, 11) is -4.17. The number of amides is 1. The molecule has 39 heavy (non-hydrogen) atoms. The van der Waals surface area contributed by atoms with Crippen LogP contribution in [0.4, 0.5) is 11.4 Å². The summed E-state index contributed by atoms with van der Waals surface area (Å²) in [4.78, 5) is 23.2. The summed E-state index contributed by atoms with van der Waals surface area (Å²) >= 11 is 6.14. The average molecular weight is 566 g/mol. The Balaban J connectivity index is 1.56. The molecule has 1 aromatic heterocycles. The molecule has 0 saturated heterocycles. The smallest absolute Gasteiger partial charge is 0.269 e. The SMILES string of the molecule is Cc1cc(/C=N\NC(=O)CN(c2ccc([N+](=O)[O-])cc2)S(=O)(=O)c2ccccc2)c(C)n1-c1cccc(Cl)c1. The Kier molecular flexibility index (Phi) is 8.12. The predicted molar refractivity (Wildman–Crippen MR) is 150 cm³/mol. The van der Waals surface area contributed by atoms with Crippen molar-refractivity contribution in [3.63, 3.8) is 0 Å². The molecule has 0 spiro atoms. The summed E-state index contributed by atoms with van der Waals surface area (Å²) in [6.07, 6.45) is 1.48. The van der Waals surface area contributed by atoms with Gasteiger partial charge in [-0.3, -0.25) is 19.2 Å². The Bertz CT molecular complexity index is 1650. The number of nitro groups is 1. The molecule has 0 atom stereocenters. The summed E-state index contributed by atoms with van der Waals surface area (Å²) in [6.45, 7) is 3.23. The minimum Gasteiger partial charge on any atom is -0.318 e. The lowest BCUT2D eigenvalue weighted by Gasteiger charge is -2.23. The van der Waals surface area contributed by atoms with Crippen LogP contribution < -0.4 is 9.73 Å². The molecule has 1 amide bonds. The fourth-order valence-electron chi connectivity index (χ4n) is 4.05. The van der Waals surface area contributed by atoms with Crippen molar-refractivity contribution in [1.82, 2.24) is 9.99 Å². The van der Waals surface area contributed by atoms with E-state index in [1.165, 1.54) is 42.6 Å². The minimum atomic E-state index is -4.17. The van der Waals surface area contributed by atoms with Gasteiger partial charge in [0.2, 0.25) is 0 Å². The largest absolute Gasteiger partial charge is 0.318 e. The van der Waals surface area contributed by atoms with E-state index < -0.39 is 27.4 Å². The second-order valence-corrected chi connectivity index (χ2v) is 10.8. The monoisotopic (exact) mass is 565 g/mol. The van der Waals surface area contributed by atoms with Gasteiger partial charge in [-0.25, -0.2) is 13.8 Å². The molecule has 0 unspecified atom stereocenters. The predicted octanol–water partition coefficient (Wildman–Crippen LogP) is 5.00. The maximum Gasteiger partial charge on any atom is 0.269 e. The first-order chi connectivity index (χ1) is 18.6. The van der Waals surface area contributed by atoms with Gasteiger partial charge >= 0.3 is 0 Å². The molecular formula is C27H24ClN5O5S. The average Bonchev–Trinajstić information content (AvgIpc) is 3.20. The maximum absolute atomic E-state index is 13.4. The number of hydrogen-bond donors (Lipinski definition) is 1. The molecule has 0 radical (unpaired) electrons. The van der Waals surface area contributed by atoms with Gasteiger partial charge in [-0.1, -0.05) is 35.9 Å². The highest BCUT2D eigenvalue weighted by Crippen LogP contribution is 2.26. The molecule has 0 saturated carbocycles. The highest BCUT2D eigenvalue weighted by atomic mass is 35.5. The number of halogens is 1. The zero-order chi connectivity index (χ0) is 28.2. The maximum atomic E-state index is 13.4. The molecule has 4 aromatic rings. The molecule has 200 valence electrons. The van der Waals surface area contributed by atoms with Crippen molar-refractivity contribution in [3.05, 3.63) is 117 Å². The lowest BCUT2D eigenvalue weighted by atomic mass is 10.2. The van der Waals surface area contributed by atoms with E-state index in [0.717, 1.165) is 26.9 Å². The number of carbonyl (C=O) groups is 1. The van der Waals surface area contributed by atoms with Gasteiger partial charge in [-0.15, -0.1) is 0 Å². The Hall–Kier alpha value is -4.48. The number of aryl methyl sites for hydroxylation is 1. The van der Waals surface area contributed by atoms with Crippen LogP contribution in [0.5, 0.6) is 0 Å². The van der Waals surface area contributed by atoms with Crippen LogP contribution in [0.2, 0.25) is 5.02 Å². The van der Waals surface area contributed by atoms with E-state index in [0.29, 0.717) is 5.02 Å². The Morgan fingerprint density at radius 2 is 1.74 bits per heavy atom. The Morgan fingerprint density at radius 1 is 1.05 bits per heavy atom. The van der Waals surface area contributed by atoms with E-state index in [2.05, 4.69) is 10.5 Å². The molecule has 1 N–H and O–H groups in total. The summed E-state index contributed by atoms with van der Waals surface area (Å²) < 4.78 is 29.6. The number of hydrogen-bond acceptors (Lipinski definition) is 6. The van der Waals surface area contributed by atoms with E-state index in [9.17, 15) is 23.3 Å². The van der Waals surface area contributed by atoms with Gasteiger partial charge in [-0.2, -0.15) is 5.10 Å². The molecule has 12 heteroatoms. The fraction of sp³-hybridized carbons (Fsp3) is 0.111. The van der Waals surface area contributed by atoms with Crippen LogP contribution in [0.25, 0.3) is 5.69 Å². The Labute approximate surface area is 230 Å². The fourth-order valence-corrected chi connectivity index (χ4v) is 5.67. The number of nitro benzene ring substituents is 1. The second-order valence-electron chi connectivity index (χ2n) is 8.53. The van der Waals surface area contributed by atoms with Gasteiger partial charge in [0.05, 0.1) is 21.7 Å². The van der Waals surface area contributed by atoms with Crippen molar-refractivity contribution in [2.75, 3.05) is 10.8 Å². The molecule has 0 bridgehead atoms. The number of hydrazone groups is 1. The van der Waals surface area contributed by atoms with E-state index in [1.54, 1.807) is 24.3 Å². The molecule has 0 aliphatic rings. The topological polar surface area (TPSA) is 127 Å². The van der Waals surface area contributed by atoms with E-state index in [1.807, 2.05) is 42.7 Å². The van der Waals surface area contributed by atoms with Gasteiger partial charge in [-0.05, 0) is 62.4 Å². The van der Waals surface area contributed by atoms with Crippen molar-refractivity contribution in [3.8, 4) is 5.69 Å². The second kappa shape index (κ2) is 11.5. The molecule has 3 aromatic carbocycles. The van der Waals surface area contributed by atoms with Gasteiger partial charge in [0.25, 0.3) is 21.6 Å². The van der Waals surface area contributed by atoms with Crippen LogP contribution in [0.1, 0.15) is 17.0 Å². The molecular weight excluding hydrogens is 542 g/mol. The highest BCUT2D eigenvalue weighted by molar-refractivity contribution is 7.92. The molecule has 4 rings (SSSR count). The number of aromatic nitrogens is 1. The van der Waals surface area contributed by atoms with Crippen LogP contribution in [0.15, 0.2) is 94.9 Å². The molecule has 1 heterocycles. The molecule has 10 nitrogen and oxygen atoms in total. The third-order valence-corrected chi connectivity index (χ3v) is 7.92. The van der Waals surface area contributed by atoms with Crippen LogP contribution in [0, 0.1) is 24.0 Å². The summed E-state index contributed by atoms with van der Waals surface area (Å²) in [5, 5.41) is 15.7. The lowest BCUT2D eigenvalue weighted by Crippen LogP contribution is -2.39. The van der Waals surface area contributed by atoms with E-state index in [-0.39, 0.29) is 16.3 Å². The number of non-ortho nitro benzene ring substituents is 1. The molecule has 0 aliphatic heterocycles. The van der Waals surface area contributed by atoms with Crippen molar-refractivity contribution in [2.24, 2.45) is 5.10 Å². The van der Waals surface area contributed by atoms with Crippen LogP contribution in [-0.4, -0.2) is 36.6 Å². The van der Waals surface area contributed by atoms with Crippen molar-refractivity contribution >= 4 is 45.1 Å². The number of carbonyl (C=O) groups excluding carboxylic acids is 1. The normalized spacial score (nSPS) is 11.5. The van der Waals surface area contributed by atoms with Crippen molar-refractivity contribution < 1.29 is 18.1 Å². The first-order valence-electron chi connectivity index (χ1n) is 11.7. The summed E-state index contributed by atoms with van der Waals surface area (Å²) in [6, 6.07) is 21.8.